The lowest BCUT2D eigenvalue weighted by Gasteiger charge is -2.42. The normalized spacial score (nSPS) is 17.7. The third-order valence-corrected chi connectivity index (χ3v) is 5.10. The van der Waals surface area contributed by atoms with Gasteiger partial charge < -0.3 is 14.5 Å². The topological polar surface area (TPSA) is 45.9 Å². The minimum atomic E-state index is 0.355. The van der Waals surface area contributed by atoms with Gasteiger partial charge in [0, 0.05) is 43.5 Å². The first kappa shape index (κ1) is 16.7. The Hall–Kier alpha value is -2.76. The van der Waals surface area contributed by atoms with Gasteiger partial charge in [0.25, 0.3) is 0 Å². The molecule has 0 aliphatic carbocycles. The van der Waals surface area contributed by atoms with Gasteiger partial charge in [-0.15, -0.1) is 0 Å². The van der Waals surface area contributed by atoms with Crippen molar-refractivity contribution in [2.45, 2.75) is 26.3 Å². The fraction of sp³-hybridized carbons (Fsp3) is 0.400. The van der Waals surface area contributed by atoms with Crippen LogP contribution < -0.4 is 14.5 Å². The van der Waals surface area contributed by atoms with Gasteiger partial charge in [-0.3, -0.25) is 0 Å². The highest BCUT2D eigenvalue weighted by Crippen LogP contribution is 2.31. The van der Waals surface area contributed by atoms with Gasteiger partial charge in [-0.2, -0.15) is 9.61 Å². The molecule has 0 amide bonds. The van der Waals surface area contributed by atoms with Gasteiger partial charge in [0.1, 0.15) is 11.6 Å². The van der Waals surface area contributed by atoms with Crippen LogP contribution in [0.1, 0.15) is 19.5 Å². The SMILES string of the molecule is CCc1cc(N2CCN(c3ccccc3OC)C[C@H]2C)n2nccc2n1. The van der Waals surface area contributed by atoms with Crippen LogP contribution in [-0.2, 0) is 6.42 Å². The lowest BCUT2D eigenvalue weighted by Crippen LogP contribution is -2.52. The standard InChI is InChI=1S/C20H25N5O/c1-4-16-13-20(25-19(22-16)9-10-21-25)24-12-11-23(14-15(24)2)17-7-5-6-8-18(17)26-3/h5-10,13,15H,4,11-12,14H2,1-3H3/t15-/m1/s1. The summed E-state index contributed by atoms with van der Waals surface area (Å²) in [5.74, 6) is 2.06. The average molecular weight is 351 g/mol. The molecule has 4 rings (SSSR count). The van der Waals surface area contributed by atoms with Crippen LogP contribution in [0.3, 0.4) is 0 Å². The summed E-state index contributed by atoms with van der Waals surface area (Å²) < 4.78 is 7.50. The van der Waals surface area contributed by atoms with Crippen molar-refractivity contribution in [3.05, 3.63) is 48.3 Å². The van der Waals surface area contributed by atoms with E-state index in [1.54, 1.807) is 7.11 Å². The van der Waals surface area contributed by atoms with E-state index in [0.717, 1.165) is 54.7 Å². The van der Waals surface area contributed by atoms with Gasteiger partial charge in [0.2, 0.25) is 0 Å². The van der Waals surface area contributed by atoms with Crippen molar-refractivity contribution in [3.63, 3.8) is 0 Å². The summed E-state index contributed by atoms with van der Waals surface area (Å²) in [7, 11) is 1.73. The van der Waals surface area contributed by atoms with Gasteiger partial charge >= 0.3 is 0 Å². The lowest BCUT2D eigenvalue weighted by molar-refractivity contribution is 0.412. The molecule has 0 N–H and O–H groups in total. The van der Waals surface area contributed by atoms with Crippen LogP contribution >= 0.6 is 0 Å². The molecule has 1 aromatic carbocycles. The first-order valence-corrected chi connectivity index (χ1v) is 9.19. The maximum absolute atomic E-state index is 5.55. The summed E-state index contributed by atoms with van der Waals surface area (Å²) in [4.78, 5) is 9.51. The van der Waals surface area contributed by atoms with E-state index in [1.165, 1.54) is 0 Å². The van der Waals surface area contributed by atoms with E-state index < -0.39 is 0 Å². The molecular weight excluding hydrogens is 326 g/mol. The summed E-state index contributed by atoms with van der Waals surface area (Å²) in [6.45, 7) is 7.22. The van der Waals surface area contributed by atoms with Crippen molar-refractivity contribution >= 4 is 17.2 Å². The molecule has 0 radical (unpaired) electrons. The third-order valence-electron chi connectivity index (χ3n) is 5.10. The number of para-hydroxylation sites is 2. The first-order valence-electron chi connectivity index (χ1n) is 9.19. The number of anilines is 2. The Labute approximate surface area is 154 Å². The second-order valence-electron chi connectivity index (χ2n) is 6.72. The molecule has 0 bridgehead atoms. The average Bonchev–Trinajstić information content (AvgIpc) is 3.16. The Morgan fingerprint density at radius 2 is 2.04 bits per heavy atom. The van der Waals surface area contributed by atoms with Gasteiger partial charge in [-0.25, -0.2) is 4.98 Å². The Morgan fingerprint density at radius 1 is 1.19 bits per heavy atom. The first-order chi connectivity index (χ1) is 12.7. The van der Waals surface area contributed by atoms with Crippen LogP contribution in [0, 0.1) is 0 Å². The van der Waals surface area contributed by atoms with E-state index in [1.807, 2.05) is 28.9 Å². The molecule has 1 atom stereocenters. The van der Waals surface area contributed by atoms with E-state index in [4.69, 9.17) is 4.74 Å². The molecule has 1 aliphatic heterocycles. The molecule has 26 heavy (non-hydrogen) atoms. The van der Waals surface area contributed by atoms with Crippen LogP contribution in [0.2, 0.25) is 0 Å². The van der Waals surface area contributed by atoms with Crippen molar-refractivity contribution in [1.29, 1.82) is 0 Å². The molecule has 3 aromatic rings. The smallest absolute Gasteiger partial charge is 0.157 e. The van der Waals surface area contributed by atoms with Gasteiger partial charge in [-0.1, -0.05) is 19.1 Å². The molecule has 0 saturated carbocycles. The van der Waals surface area contributed by atoms with E-state index in [2.05, 4.69) is 51.9 Å². The number of aryl methyl sites for hydroxylation is 1. The predicted molar refractivity (Wildman–Crippen MR) is 104 cm³/mol. The number of piperazine rings is 1. The fourth-order valence-electron chi connectivity index (χ4n) is 3.74. The highest BCUT2D eigenvalue weighted by atomic mass is 16.5. The van der Waals surface area contributed by atoms with Gasteiger partial charge in [0.05, 0.1) is 19.0 Å². The number of hydrogen-bond acceptors (Lipinski definition) is 5. The zero-order valence-corrected chi connectivity index (χ0v) is 15.6. The number of methoxy groups -OCH3 is 1. The highest BCUT2D eigenvalue weighted by Gasteiger charge is 2.27. The van der Waals surface area contributed by atoms with Gasteiger partial charge in [0.15, 0.2) is 5.65 Å². The minimum absolute atomic E-state index is 0.355. The predicted octanol–water partition coefficient (Wildman–Crippen LogP) is 3.02. The third kappa shape index (κ3) is 2.85. The zero-order chi connectivity index (χ0) is 18.1. The molecule has 0 unspecified atom stereocenters. The van der Waals surface area contributed by atoms with Gasteiger partial charge in [-0.05, 0) is 25.5 Å². The summed E-state index contributed by atoms with van der Waals surface area (Å²) in [6.07, 6.45) is 2.74. The molecular formula is C20H25N5O. The molecule has 2 aromatic heterocycles. The fourth-order valence-corrected chi connectivity index (χ4v) is 3.74. The number of ether oxygens (including phenoxy) is 1. The molecule has 1 saturated heterocycles. The molecule has 3 heterocycles. The number of benzene rings is 1. The van der Waals surface area contributed by atoms with Crippen LogP contribution in [0.15, 0.2) is 42.6 Å². The Kier molecular flexibility index (Phi) is 4.41. The summed E-state index contributed by atoms with van der Waals surface area (Å²) in [5.41, 5.74) is 3.18. The Morgan fingerprint density at radius 3 is 2.81 bits per heavy atom. The monoisotopic (exact) mass is 351 g/mol. The van der Waals surface area contributed by atoms with Crippen molar-refractivity contribution < 1.29 is 4.74 Å². The van der Waals surface area contributed by atoms with Crippen molar-refractivity contribution in [3.8, 4) is 5.75 Å². The number of hydrogen-bond donors (Lipinski definition) is 0. The van der Waals surface area contributed by atoms with Crippen molar-refractivity contribution in [1.82, 2.24) is 14.6 Å². The van der Waals surface area contributed by atoms with Crippen molar-refractivity contribution in [2.75, 3.05) is 36.5 Å². The molecule has 1 aliphatic rings. The second kappa shape index (κ2) is 6.86. The van der Waals surface area contributed by atoms with Crippen LogP contribution in [0.5, 0.6) is 5.75 Å². The highest BCUT2D eigenvalue weighted by molar-refractivity contribution is 5.60. The summed E-state index contributed by atoms with van der Waals surface area (Å²) in [6, 6.07) is 12.7. The lowest BCUT2D eigenvalue weighted by atomic mass is 10.1. The number of nitrogens with zero attached hydrogens (tertiary/aromatic N) is 5. The van der Waals surface area contributed by atoms with E-state index in [0.29, 0.717) is 6.04 Å². The zero-order valence-electron chi connectivity index (χ0n) is 15.6. The van der Waals surface area contributed by atoms with Crippen LogP contribution in [0.25, 0.3) is 5.65 Å². The maximum Gasteiger partial charge on any atom is 0.157 e. The number of aromatic nitrogens is 3. The Bertz CT molecular complexity index is 906. The number of fused-ring (bicyclic) bond motifs is 1. The molecule has 1 fully saturated rings. The minimum Gasteiger partial charge on any atom is -0.495 e. The van der Waals surface area contributed by atoms with E-state index in [-0.39, 0.29) is 0 Å². The summed E-state index contributed by atoms with van der Waals surface area (Å²) in [5, 5.41) is 4.49. The molecule has 0 spiro atoms. The molecule has 6 nitrogen and oxygen atoms in total. The quantitative estimate of drug-likeness (QED) is 0.723. The maximum atomic E-state index is 5.55. The Balaban J connectivity index is 1.63. The van der Waals surface area contributed by atoms with Crippen LogP contribution in [0.4, 0.5) is 11.5 Å². The number of rotatable bonds is 4. The molecule has 136 valence electrons. The van der Waals surface area contributed by atoms with E-state index >= 15 is 0 Å². The summed E-state index contributed by atoms with van der Waals surface area (Å²) >= 11 is 0. The van der Waals surface area contributed by atoms with Crippen LogP contribution in [-0.4, -0.2) is 47.4 Å². The van der Waals surface area contributed by atoms with E-state index in [9.17, 15) is 0 Å². The van der Waals surface area contributed by atoms with Crippen molar-refractivity contribution in [2.24, 2.45) is 0 Å². The second-order valence-corrected chi connectivity index (χ2v) is 6.72. The largest absolute Gasteiger partial charge is 0.495 e. The molecule has 6 heteroatoms.